The van der Waals surface area contributed by atoms with Crippen molar-refractivity contribution in [2.75, 3.05) is 17.2 Å². The number of aromatic nitrogens is 3. The van der Waals surface area contributed by atoms with Crippen LogP contribution in [0, 0.1) is 6.92 Å². The van der Waals surface area contributed by atoms with Crippen LogP contribution in [0.15, 0.2) is 21.4 Å². The zero-order valence-electron chi connectivity index (χ0n) is 10.2. The number of rotatable bonds is 5. The third-order valence-electron chi connectivity index (χ3n) is 2.25. The van der Waals surface area contributed by atoms with Gasteiger partial charge in [-0.2, -0.15) is 0 Å². The molecule has 2 aromatic rings. The fourth-order valence-corrected chi connectivity index (χ4v) is 1.94. The van der Waals surface area contributed by atoms with Gasteiger partial charge in [-0.15, -0.1) is 0 Å². The van der Waals surface area contributed by atoms with Gasteiger partial charge in [-0.3, -0.25) is 0 Å². The minimum atomic E-state index is 0.554. The van der Waals surface area contributed by atoms with Crippen molar-refractivity contribution < 1.29 is 4.52 Å². The molecule has 2 rings (SSSR count). The summed E-state index contributed by atoms with van der Waals surface area (Å²) in [6.45, 7) is 5.23. The lowest BCUT2D eigenvalue weighted by Crippen LogP contribution is -2.06. The zero-order chi connectivity index (χ0) is 13.0. The highest BCUT2D eigenvalue weighted by molar-refractivity contribution is 9.10. The molecule has 0 aromatic carbocycles. The molecule has 0 saturated heterocycles. The molecule has 0 saturated carbocycles. The molecule has 7 heteroatoms. The Kier molecular flexibility index (Phi) is 4.14. The van der Waals surface area contributed by atoms with E-state index in [1.54, 1.807) is 0 Å². The summed E-state index contributed by atoms with van der Waals surface area (Å²) < 4.78 is 5.81. The highest BCUT2D eigenvalue weighted by atomic mass is 79.9. The van der Waals surface area contributed by atoms with Crippen molar-refractivity contribution in [3.63, 3.8) is 0 Å². The predicted molar refractivity (Wildman–Crippen MR) is 72.5 cm³/mol. The van der Waals surface area contributed by atoms with Crippen LogP contribution >= 0.6 is 15.9 Å². The normalized spacial score (nSPS) is 10.4. The Bertz CT molecular complexity index is 528. The molecule has 0 atom stereocenters. The number of aryl methyl sites for hydroxylation is 1. The molecular formula is C11H14BrN5O. The van der Waals surface area contributed by atoms with E-state index >= 15 is 0 Å². The van der Waals surface area contributed by atoms with E-state index in [1.165, 1.54) is 6.33 Å². The fourth-order valence-electron chi connectivity index (χ4n) is 1.46. The van der Waals surface area contributed by atoms with Crippen molar-refractivity contribution in [2.24, 2.45) is 0 Å². The molecular weight excluding hydrogens is 298 g/mol. The fraction of sp³-hybridized carbons (Fsp3) is 0.364. The van der Waals surface area contributed by atoms with E-state index in [0.29, 0.717) is 6.54 Å². The maximum absolute atomic E-state index is 5.00. The molecule has 96 valence electrons. The second kappa shape index (κ2) is 5.81. The van der Waals surface area contributed by atoms with Gasteiger partial charge >= 0.3 is 0 Å². The molecule has 0 radical (unpaired) electrons. The molecule has 0 aliphatic carbocycles. The molecule has 0 aliphatic rings. The van der Waals surface area contributed by atoms with Crippen LogP contribution in [0.5, 0.6) is 0 Å². The standard InChI is InChI=1S/C11H14BrN5O/c1-3-13-10-9(12)11(16-6-15-10)14-5-8-4-7(2)18-17-8/h4,6H,3,5H2,1-2H3,(H2,13,14,15,16). The van der Waals surface area contributed by atoms with Crippen LogP contribution in [0.2, 0.25) is 0 Å². The minimum absolute atomic E-state index is 0.554. The average molecular weight is 312 g/mol. The van der Waals surface area contributed by atoms with Gasteiger partial charge in [0, 0.05) is 12.6 Å². The van der Waals surface area contributed by atoms with Crippen LogP contribution in [0.4, 0.5) is 11.6 Å². The molecule has 0 amide bonds. The molecule has 6 nitrogen and oxygen atoms in total. The van der Waals surface area contributed by atoms with Crippen molar-refractivity contribution in [2.45, 2.75) is 20.4 Å². The van der Waals surface area contributed by atoms with Gasteiger partial charge < -0.3 is 15.2 Å². The average Bonchev–Trinajstić information content (AvgIpc) is 2.77. The SMILES string of the molecule is CCNc1ncnc(NCc2cc(C)on2)c1Br. The van der Waals surface area contributed by atoms with Crippen molar-refractivity contribution in [3.8, 4) is 0 Å². The van der Waals surface area contributed by atoms with Gasteiger partial charge in [-0.25, -0.2) is 9.97 Å². The molecule has 2 aromatic heterocycles. The van der Waals surface area contributed by atoms with Crippen molar-refractivity contribution in [1.29, 1.82) is 0 Å². The van der Waals surface area contributed by atoms with E-state index in [9.17, 15) is 0 Å². The van der Waals surface area contributed by atoms with Crippen LogP contribution in [0.25, 0.3) is 0 Å². The number of nitrogens with one attached hydrogen (secondary N) is 2. The molecule has 0 unspecified atom stereocenters. The summed E-state index contributed by atoms with van der Waals surface area (Å²) in [6.07, 6.45) is 1.51. The van der Waals surface area contributed by atoms with Crippen LogP contribution in [0.3, 0.4) is 0 Å². The number of halogens is 1. The number of nitrogens with zero attached hydrogens (tertiary/aromatic N) is 3. The number of hydrogen-bond donors (Lipinski definition) is 2. The molecule has 0 spiro atoms. The first-order valence-corrected chi connectivity index (χ1v) is 6.40. The molecule has 0 aliphatic heterocycles. The van der Waals surface area contributed by atoms with Gasteiger partial charge in [0.1, 0.15) is 33.9 Å². The van der Waals surface area contributed by atoms with E-state index in [4.69, 9.17) is 4.52 Å². The lowest BCUT2D eigenvalue weighted by atomic mass is 10.4. The molecule has 0 bridgehead atoms. The van der Waals surface area contributed by atoms with E-state index in [0.717, 1.165) is 34.1 Å². The largest absolute Gasteiger partial charge is 0.369 e. The van der Waals surface area contributed by atoms with Crippen LogP contribution in [0.1, 0.15) is 18.4 Å². The first kappa shape index (κ1) is 12.8. The molecule has 0 fully saturated rings. The maximum atomic E-state index is 5.00. The first-order chi connectivity index (χ1) is 8.70. The smallest absolute Gasteiger partial charge is 0.146 e. The van der Waals surface area contributed by atoms with Crippen LogP contribution in [-0.4, -0.2) is 21.7 Å². The lowest BCUT2D eigenvalue weighted by molar-refractivity contribution is 0.391. The Morgan fingerprint density at radius 2 is 2.00 bits per heavy atom. The predicted octanol–water partition coefficient (Wildman–Crippen LogP) is 2.58. The summed E-state index contributed by atoms with van der Waals surface area (Å²) in [5.41, 5.74) is 0.836. The number of hydrogen-bond acceptors (Lipinski definition) is 6. The lowest BCUT2D eigenvalue weighted by Gasteiger charge is -2.09. The van der Waals surface area contributed by atoms with E-state index in [-0.39, 0.29) is 0 Å². The first-order valence-electron chi connectivity index (χ1n) is 5.61. The second-order valence-electron chi connectivity index (χ2n) is 3.70. The van der Waals surface area contributed by atoms with Gasteiger partial charge in [0.25, 0.3) is 0 Å². The molecule has 2 heterocycles. The van der Waals surface area contributed by atoms with Crippen molar-refractivity contribution in [1.82, 2.24) is 15.1 Å². The summed E-state index contributed by atoms with van der Waals surface area (Å²) in [6, 6.07) is 1.88. The van der Waals surface area contributed by atoms with Crippen molar-refractivity contribution >= 4 is 27.6 Å². The Balaban J connectivity index is 2.07. The third-order valence-corrected chi connectivity index (χ3v) is 3.00. The second-order valence-corrected chi connectivity index (χ2v) is 4.49. The van der Waals surface area contributed by atoms with E-state index in [2.05, 4.69) is 41.7 Å². The highest BCUT2D eigenvalue weighted by Crippen LogP contribution is 2.26. The Hall–Kier alpha value is -1.63. The van der Waals surface area contributed by atoms with Gasteiger partial charge in [0.15, 0.2) is 0 Å². The Morgan fingerprint density at radius 3 is 2.61 bits per heavy atom. The summed E-state index contributed by atoms with van der Waals surface area (Å²) in [5, 5.41) is 10.2. The minimum Gasteiger partial charge on any atom is -0.369 e. The summed E-state index contributed by atoms with van der Waals surface area (Å²) >= 11 is 3.47. The van der Waals surface area contributed by atoms with Gasteiger partial charge in [-0.1, -0.05) is 5.16 Å². The summed E-state index contributed by atoms with van der Waals surface area (Å²) in [4.78, 5) is 8.32. The van der Waals surface area contributed by atoms with Crippen molar-refractivity contribution in [3.05, 3.63) is 28.3 Å². The zero-order valence-corrected chi connectivity index (χ0v) is 11.8. The maximum Gasteiger partial charge on any atom is 0.146 e. The van der Waals surface area contributed by atoms with Crippen LogP contribution in [-0.2, 0) is 6.54 Å². The topological polar surface area (TPSA) is 75.9 Å². The Labute approximate surface area is 113 Å². The summed E-state index contributed by atoms with van der Waals surface area (Å²) in [5.74, 6) is 2.29. The third kappa shape index (κ3) is 2.98. The van der Waals surface area contributed by atoms with E-state index in [1.807, 2.05) is 19.9 Å². The highest BCUT2D eigenvalue weighted by Gasteiger charge is 2.08. The van der Waals surface area contributed by atoms with Crippen LogP contribution < -0.4 is 10.6 Å². The summed E-state index contributed by atoms with van der Waals surface area (Å²) in [7, 11) is 0. The number of anilines is 2. The van der Waals surface area contributed by atoms with Gasteiger partial charge in [0.2, 0.25) is 0 Å². The van der Waals surface area contributed by atoms with Gasteiger partial charge in [0.05, 0.1) is 6.54 Å². The Morgan fingerprint density at radius 1 is 1.28 bits per heavy atom. The molecule has 2 N–H and O–H groups in total. The monoisotopic (exact) mass is 311 g/mol. The van der Waals surface area contributed by atoms with E-state index < -0.39 is 0 Å². The van der Waals surface area contributed by atoms with Gasteiger partial charge in [-0.05, 0) is 29.8 Å². The molecule has 18 heavy (non-hydrogen) atoms. The quantitative estimate of drug-likeness (QED) is 0.884.